The smallest absolute Gasteiger partial charge is 0.310 e. The highest BCUT2D eigenvalue weighted by atomic mass is 79.9. The molecule has 7 nitrogen and oxygen atoms in total. The number of aliphatic hydroxyl groups excluding tert-OH is 1. The second-order valence-corrected chi connectivity index (χ2v) is 12.8. The minimum absolute atomic E-state index is 0.0636. The summed E-state index contributed by atoms with van der Waals surface area (Å²) in [6.07, 6.45) is 4.85. The number of benzene rings is 1. The van der Waals surface area contributed by atoms with Crippen LogP contribution >= 0.6 is 39.3 Å². The van der Waals surface area contributed by atoms with Gasteiger partial charge in [-0.25, -0.2) is 0 Å². The number of amides is 2. The highest BCUT2D eigenvalue weighted by molar-refractivity contribution is 9.09. The molecule has 1 aromatic rings. The molecule has 1 spiro atoms. The zero-order valence-electron chi connectivity index (χ0n) is 20.7. The number of hydrogen-bond donors (Lipinski definition) is 1. The number of halogens is 2. The molecule has 0 aliphatic carbocycles. The molecule has 3 aliphatic heterocycles. The van der Waals surface area contributed by atoms with Crippen molar-refractivity contribution in [3.63, 3.8) is 0 Å². The van der Waals surface area contributed by atoms with Crippen molar-refractivity contribution < 1.29 is 24.2 Å². The minimum Gasteiger partial charge on any atom is -0.465 e. The molecule has 3 heterocycles. The fourth-order valence-corrected chi connectivity index (χ4v) is 9.69. The van der Waals surface area contributed by atoms with Crippen molar-refractivity contribution in [3.05, 3.63) is 54.6 Å². The van der Waals surface area contributed by atoms with Crippen LogP contribution in [-0.4, -0.2) is 74.5 Å². The number of likely N-dealkylation sites (tertiary alicyclic amines) is 1. The Balaban J connectivity index is 1.79. The summed E-state index contributed by atoms with van der Waals surface area (Å²) in [6.45, 7) is 9.51. The Kier molecular flexibility index (Phi) is 8.78. The minimum atomic E-state index is -0.862. The first-order valence-electron chi connectivity index (χ1n) is 12.5. The monoisotopic (exact) mass is 610 g/mol. The van der Waals surface area contributed by atoms with E-state index in [4.69, 9.17) is 16.3 Å². The average Bonchev–Trinajstić information content (AvgIpc) is 3.47. The Bertz CT molecular complexity index is 1070. The van der Waals surface area contributed by atoms with Gasteiger partial charge in [-0.15, -0.1) is 24.9 Å². The first-order chi connectivity index (χ1) is 17.7. The lowest BCUT2D eigenvalue weighted by Crippen LogP contribution is -2.58. The van der Waals surface area contributed by atoms with Crippen LogP contribution < -0.4 is 4.90 Å². The third kappa shape index (κ3) is 4.77. The van der Waals surface area contributed by atoms with Gasteiger partial charge in [-0.1, -0.05) is 46.6 Å². The number of esters is 1. The predicted octanol–water partition coefficient (Wildman–Crippen LogP) is 4.21. The van der Waals surface area contributed by atoms with Crippen LogP contribution in [0.1, 0.15) is 26.2 Å². The van der Waals surface area contributed by atoms with E-state index in [1.165, 1.54) is 0 Å². The summed E-state index contributed by atoms with van der Waals surface area (Å²) in [5.41, 5.74) is 0.631. The van der Waals surface area contributed by atoms with Crippen LogP contribution in [0.3, 0.4) is 0 Å². The molecule has 3 aliphatic rings. The lowest BCUT2D eigenvalue weighted by Gasteiger charge is -2.39. The third-order valence-corrected chi connectivity index (χ3v) is 11.1. The number of carbonyl (C=O) groups is 3. The number of alkyl halides is 1. The average molecular weight is 612 g/mol. The molecular weight excluding hydrogens is 580 g/mol. The number of anilines is 1. The van der Waals surface area contributed by atoms with E-state index in [0.29, 0.717) is 30.0 Å². The highest BCUT2D eigenvalue weighted by Gasteiger charge is 2.76. The first-order valence-corrected chi connectivity index (χ1v) is 14.6. The molecule has 0 radical (unpaired) electrons. The molecule has 0 aromatic heterocycles. The Morgan fingerprint density at radius 1 is 1.35 bits per heavy atom. The van der Waals surface area contributed by atoms with Crippen molar-refractivity contribution >= 4 is 62.8 Å². The first kappa shape index (κ1) is 28.2. The normalized spacial score (nSPS) is 30.6. The Morgan fingerprint density at radius 2 is 2.05 bits per heavy atom. The van der Waals surface area contributed by atoms with Crippen LogP contribution in [0, 0.1) is 11.8 Å². The summed E-state index contributed by atoms with van der Waals surface area (Å²) in [6, 6.07) is 5.52. The summed E-state index contributed by atoms with van der Waals surface area (Å²) < 4.78 is 4.72. The Labute approximate surface area is 235 Å². The molecule has 4 rings (SSSR count). The molecule has 0 saturated carbocycles. The van der Waals surface area contributed by atoms with Crippen LogP contribution in [-0.2, 0) is 19.1 Å². The lowest BCUT2D eigenvalue weighted by molar-refractivity contribution is -0.154. The number of hydrogen-bond acceptors (Lipinski definition) is 6. The van der Waals surface area contributed by atoms with E-state index in [2.05, 4.69) is 29.1 Å². The number of ether oxygens (including phenoxy) is 1. The second-order valence-electron chi connectivity index (χ2n) is 9.61. The number of thioether (sulfide) groups is 1. The molecule has 10 heteroatoms. The molecule has 1 N–H and O–H groups in total. The summed E-state index contributed by atoms with van der Waals surface area (Å²) in [5, 5.41) is 10.6. The molecule has 200 valence electrons. The number of fused-ring (bicyclic) bond motifs is 1. The van der Waals surface area contributed by atoms with Gasteiger partial charge in [0.2, 0.25) is 5.91 Å². The van der Waals surface area contributed by atoms with E-state index in [0.717, 1.165) is 0 Å². The van der Waals surface area contributed by atoms with Crippen LogP contribution in [0.25, 0.3) is 0 Å². The molecule has 2 bridgehead atoms. The number of rotatable bonds is 11. The van der Waals surface area contributed by atoms with Gasteiger partial charge in [-0.05, 0) is 43.5 Å². The van der Waals surface area contributed by atoms with Gasteiger partial charge < -0.3 is 19.6 Å². The van der Waals surface area contributed by atoms with Crippen LogP contribution in [0.4, 0.5) is 5.69 Å². The van der Waals surface area contributed by atoms with E-state index in [9.17, 15) is 19.5 Å². The quantitative estimate of drug-likeness (QED) is 0.175. The second kappa shape index (κ2) is 11.5. The standard InChI is InChI=1S/C27H32BrClN2O5S/c1-4-7-13-36-26(35)20-21-24(33)31(17(6-3)15-32)23(27(21)14-19(28)22(20)37-27)25(34)30(12-5-2)18-10-8-16(29)9-11-18/h4-5,8-11,17,19-23,32H,1-2,6-7,12-15H2,3H3/t17-,19?,20+,21-,22+,23?,27?/m0/s1. The van der Waals surface area contributed by atoms with Crippen molar-refractivity contribution in [2.45, 2.75) is 53.1 Å². The maximum Gasteiger partial charge on any atom is 0.310 e. The SMILES string of the molecule is C=CCCOC(=O)[C@H]1[C@@H]2SC3(CC2Br)C(C(=O)N(CC=C)c2ccc(Cl)cc2)N([C@@H](CC)CO)C(=O)[C@H]13. The zero-order chi connectivity index (χ0) is 26.9. The van der Waals surface area contributed by atoms with Gasteiger partial charge in [0.15, 0.2) is 0 Å². The van der Waals surface area contributed by atoms with Gasteiger partial charge >= 0.3 is 5.97 Å². The van der Waals surface area contributed by atoms with Crippen LogP contribution in [0.2, 0.25) is 5.02 Å². The highest BCUT2D eigenvalue weighted by Crippen LogP contribution is 2.68. The van der Waals surface area contributed by atoms with Gasteiger partial charge in [-0.3, -0.25) is 14.4 Å². The van der Waals surface area contributed by atoms with Crippen molar-refractivity contribution in [3.8, 4) is 0 Å². The molecule has 37 heavy (non-hydrogen) atoms. The van der Waals surface area contributed by atoms with Gasteiger partial charge in [-0.2, -0.15) is 0 Å². The molecule has 3 saturated heterocycles. The molecule has 7 atom stereocenters. The van der Waals surface area contributed by atoms with Crippen LogP contribution in [0.15, 0.2) is 49.6 Å². The summed E-state index contributed by atoms with van der Waals surface area (Å²) >= 11 is 11.4. The maximum absolute atomic E-state index is 14.4. The third-order valence-electron chi connectivity index (χ3n) is 7.59. The fourth-order valence-electron chi connectivity index (χ4n) is 5.98. The van der Waals surface area contributed by atoms with Crippen molar-refractivity contribution in [2.24, 2.45) is 11.8 Å². The van der Waals surface area contributed by atoms with Crippen molar-refractivity contribution in [2.75, 3.05) is 24.7 Å². The van der Waals surface area contributed by atoms with Crippen molar-refractivity contribution in [1.29, 1.82) is 0 Å². The number of aliphatic hydroxyl groups is 1. The van der Waals surface area contributed by atoms with Crippen molar-refractivity contribution in [1.82, 2.24) is 4.90 Å². The molecule has 3 fully saturated rings. The van der Waals surface area contributed by atoms with Gasteiger partial charge in [0.05, 0.1) is 35.8 Å². The largest absolute Gasteiger partial charge is 0.465 e. The Hall–Kier alpha value is -1.81. The summed E-state index contributed by atoms with van der Waals surface area (Å²) in [4.78, 5) is 44.9. The van der Waals surface area contributed by atoms with Crippen LogP contribution in [0.5, 0.6) is 0 Å². The fraction of sp³-hybridized carbons (Fsp3) is 0.519. The summed E-state index contributed by atoms with van der Waals surface area (Å²) in [5.74, 6) is -2.35. The van der Waals surface area contributed by atoms with E-state index < -0.39 is 34.6 Å². The van der Waals surface area contributed by atoms with Gasteiger partial charge in [0.25, 0.3) is 5.91 Å². The van der Waals surface area contributed by atoms with E-state index in [-0.39, 0.29) is 41.6 Å². The predicted molar refractivity (Wildman–Crippen MR) is 150 cm³/mol. The number of carbonyl (C=O) groups excluding carboxylic acids is 3. The summed E-state index contributed by atoms with van der Waals surface area (Å²) in [7, 11) is 0. The maximum atomic E-state index is 14.4. The zero-order valence-corrected chi connectivity index (χ0v) is 23.9. The van der Waals surface area contributed by atoms with E-state index in [1.54, 1.807) is 58.0 Å². The Morgan fingerprint density at radius 3 is 2.65 bits per heavy atom. The van der Waals surface area contributed by atoms with Gasteiger partial charge in [0, 0.05) is 27.3 Å². The van der Waals surface area contributed by atoms with E-state index in [1.807, 2.05) is 6.92 Å². The molecule has 3 unspecified atom stereocenters. The molecular formula is C27H32BrClN2O5S. The van der Waals surface area contributed by atoms with E-state index >= 15 is 0 Å². The number of nitrogens with zero attached hydrogens (tertiary/aromatic N) is 2. The molecule has 2 amide bonds. The lowest BCUT2D eigenvalue weighted by atomic mass is 9.71. The van der Waals surface area contributed by atoms with Gasteiger partial charge in [0.1, 0.15) is 6.04 Å². The topological polar surface area (TPSA) is 87.2 Å². The molecule has 1 aromatic carbocycles.